The molecule has 1 heterocycles. The molecule has 40 heavy (non-hydrogen) atoms. The summed E-state index contributed by atoms with van der Waals surface area (Å²) in [4.78, 5) is 60.1. The topological polar surface area (TPSA) is 80.8 Å². The Morgan fingerprint density at radius 1 is 0.550 bits per heavy atom. The van der Waals surface area contributed by atoms with Gasteiger partial charge in [-0.2, -0.15) is 0 Å². The summed E-state index contributed by atoms with van der Waals surface area (Å²) in [6.07, 6.45) is -1.16. The van der Waals surface area contributed by atoms with Crippen molar-refractivity contribution in [2.24, 2.45) is 5.41 Å². The first kappa shape index (κ1) is 24.4. The van der Waals surface area contributed by atoms with E-state index in [9.17, 15) is 19.2 Å². The number of anilines is 1. The molecule has 3 aliphatic rings. The molecule has 1 saturated heterocycles. The van der Waals surface area contributed by atoms with Crippen LogP contribution >= 0.6 is 0 Å². The molecular weight excluding hydrogens is 502 g/mol. The largest absolute Gasteiger partial charge is 0.378 e. The molecule has 6 nitrogen and oxygen atoms in total. The number of carbonyl (C=O) groups excluding carboxylic acids is 4. The highest BCUT2D eigenvalue weighted by molar-refractivity contribution is 6.37. The van der Waals surface area contributed by atoms with Crippen LogP contribution in [0.15, 0.2) is 103 Å². The van der Waals surface area contributed by atoms with E-state index in [2.05, 4.69) is 0 Å². The minimum atomic E-state index is -2.09. The number of Topliss-reactive ketones (excluding diaryl/α,β-unsaturated/α-hetero) is 4. The lowest BCUT2D eigenvalue weighted by molar-refractivity contribution is -0.0210. The fourth-order valence-corrected chi connectivity index (χ4v) is 6.92. The molecule has 0 radical (unpaired) electrons. The van der Waals surface area contributed by atoms with E-state index in [0.29, 0.717) is 11.1 Å². The molecule has 2 spiro atoms. The smallest absolute Gasteiger partial charge is 0.204 e. The number of rotatable bonds is 3. The fourth-order valence-electron chi connectivity index (χ4n) is 6.92. The maximum Gasteiger partial charge on any atom is 0.204 e. The monoisotopic (exact) mass is 527 g/mol. The summed E-state index contributed by atoms with van der Waals surface area (Å²) < 4.78 is 6.71. The molecule has 7 rings (SSSR count). The van der Waals surface area contributed by atoms with Crippen LogP contribution in [-0.4, -0.2) is 42.8 Å². The Bertz CT molecular complexity index is 1670. The Hall–Kier alpha value is -4.68. The minimum Gasteiger partial charge on any atom is -0.378 e. The Morgan fingerprint density at radius 2 is 1.00 bits per heavy atom. The minimum absolute atomic E-state index is 0.238. The summed E-state index contributed by atoms with van der Waals surface area (Å²) in [7, 11) is 3.81. The lowest BCUT2D eigenvalue weighted by Gasteiger charge is -2.35. The quantitative estimate of drug-likeness (QED) is 0.328. The Morgan fingerprint density at radius 3 is 1.48 bits per heavy atom. The first-order chi connectivity index (χ1) is 19.3. The Kier molecular flexibility index (Phi) is 5.12. The van der Waals surface area contributed by atoms with Gasteiger partial charge in [-0.25, -0.2) is 0 Å². The zero-order chi connectivity index (χ0) is 27.8. The molecule has 0 unspecified atom stereocenters. The van der Waals surface area contributed by atoms with Gasteiger partial charge in [0.15, 0.2) is 11.6 Å². The van der Waals surface area contributed by atoms with E-state index in [-0.39, 0.29) is 22.3 Å². The van der Waals surface area contributed by atoms with Gasteiger partial charge >= 0.3 is 0 Å². The third-order valence-electron chi connectivity index (χ3n) is 8.68. The van der Waals surface area contributed by atoms with Crippen LogP contribution in [0.2, 0.25) is 0 Å². The van der Waals surface area contributed by atoms with Gasteiger partial charge in [0, 0.05) is 42.0 Å². The number of benzene rings is 4. The lowest BCUT2D eigenvalue weighted by atomic mass is 9.60. The number of fused-ring (bicyclic) bond motifs is 2. The molecule has 0 saturated carbocycles. The van der Waals surface area contributed by atoms with Crippen LogP contribution in [0.25, 0.3) is 0 Å². The van der Waals surface area contributed by atoms with Gasteiger partial charge in [0.25, 0.3) is 0 Å². The van der Waals surface area contributed by atoms with Crippen molar-refractivity contribution in [3.05, 3.63) is 137 Å². The molecule has 4 aromatic carbocycles. The third-order valence-corrected chi connectivity index (χ3v) is 8.68. The first-order valence-electron chi connectivity index (χ1n) is 13.2. The molecule has 0 N–H and O–H groups in total. The van der Waals surface area contributed by atoms with Gasteiger partial charge in [-0.1, -0.05) is 91.0 Å². The van der Waals surface area contributed by atoms with Gasteiger partial charge in [-0.15, -0.1) is 0 Å². The average molecular weight is 528 g/mol. The molecule has 0 aromatic heterocycles. The van der Waals surface area contributed by atoms with Gasteiger partial charge in [-0.05, 0) is 23.3 Å². The summed E-state index contributed by atoms with van der Waals surface area (Å²) in [6, 6.07) is 29.6. The second kappa shape index (κ2) is 8.41. The van der Waals surface area contributed by atoms with Gasteiger partial charge < -0.3 is 9.64 Å². The SMILES string of the molecule is CN(C)c1ccc([C@H]2C3(O[C@@H](c4ccccc4)C24C(=O)c2ccccc2C4=O)C(=O)c2ccccc2C3=O)cc1. The zero-order valence-corrected chi connectivity index (χ0v) is 22.0. The first-order valence-corrected chi connectivity index (χ1v) is 13.2. The summed E-state index contributed by atoms with van der Waals surface area (Å²) in [5.74, 6) is -3.11. The van der Waals surface area contributed by atoms with Crippen LogP contribution in [0.4, 0.5) is 5.69 Å². The molecular formula is C34H25NO5. The highest BCUT2D eigenvalue weighted by atomic mass is 16.5. The summed E-state index contributed by atoms with van der Waals surface area (Å²) in [6.45, 7) is 0. The molecule has 196 valence electrons. The number of hydrogen-bond acceptors (Lipinski definition) is 6. The standard InChI is InChI=1S/C34H25NO5/c1-35(2)22-18-16-20(17-19-22)27-33(28(36)23-12-6-7-13-24(23)29(33)37)32(21-10-4-3-5-11-21)40-34(27)30(38)25-14-8-9-15-26(25)31(34)39/h3-19,27,32H,1-2H3/t27-,32+/m1/s1. The van der Waals surface area contributed by atoms with Gasteiger partial charge in [0.2, 0.25) is 17.2 Å². The van der Waals surface area contributed by atoms with Gasteiger partial charge in [-0.3, -0.25) is 19.2 Å². The van der Waals surface area contributed by atoms with Crippen molar-refractivity contribution in [1.82, 2.24) is 0 Å². The second-order valence-electron chi connectivity index (χ2n) is 10.8. The van der Waals surface area contributed by atoms with E-state index in [0.717, 1.165) is 5.69 Å². The molecule has 1 fully saturated rings. The second-order valence-corrected chi connectivity index (χ2v) is 10.8. The molecule has 4 aromatic rings. The number of ketones is 4. The Balaban J connectivity index is 1.57. The maximum atomic E-state index is 14.7. The number of ether oxygens (including phenoxy) is 1. The normalized spacial score (nSPS) is 21.8. The average Bonchev–Trinajstić information content (AvgIpc) is 3.52. The number of carbonyl (C=O) groups is 4. The zero-order valence-electron chi connectivity index (χ0n) is 22.0. The van der Waals surface area contributed by atoms with Gasteiger partial charge in [0.1, 0.15) is 11.5 Å². The van der Waals surface area contributed by atoms with Crippen molar-refractivity contribution < 1.29 is 23.9 Å². The highest BCUT2D eigenvalue weighted by Gasteiger charge is 2.79. The van der Waals surface area contributed by atoms with Crippen LogP contribution in [-0.2, 0) is 4.74 Å². The number of nitrogens with zero attached hydrogens (tertiary/aromatic N) is 1. The van der Waals surface area contributed by atoms with E-state index in [1.807, 2.05) is 37.2 Å². The van der Waals surface area contributed by atoms with E-state index in [1.54, 1.807) is 84.9 Å². The molecule has 2 atom stereocenters. The van der Waals surface area contributed by atoms with Crippen molar-refractivity contribution in [2.75, 3.05) is 19.0 Å². The highest BCUT2D eigenvalue weighted by Crippen LogP contribution is 2.67. The van der Waals surface area contributed by atoms with Crippen LogP contribution in [0, 0.1) is 5.41 Å². The van der Waals surface area contributed by atoms with Crippen LogP contribution in [0.5, 0.6) is 0 Å². The molecule has 0 bridgehead atoms. The van der Waals surface area contributed by atoms with Crippen molar-refractivity contribution in [3.8, 4) is 0 Å². The Labute approximate surface area is 231 Å². The van der Waals surface area contributed by atoms with Crippen molar-refractivity contribution in [3.63, 3.8) is 0 Å². The molecule has 1 aliphatic heterocycles. The fraction of sp³-hybridized carbons (Fsp3) is 0.176. The lowest BCUT2D eigenvalue weighted by Crippen LogP contribution is -2.51. The van der Waals surface area contributed by atoms with Crippen LogP contribution in [0.3, 0.4) is 0 Å². The van der Waals surface area contributed by atoms with E-state index >= 15 is 0 Å². The van der Waals surface area contributed by atoms with Gasteiger partial charge in [0.05, 0.1) is 5.92 Å². The summed E-state index contributed by atoms with van der Waals surface area (Å²) in [5.41, 5.74) is -0.949. The van der Waals surface area contributed by atoms with E-state index in [1.165, 1.54) is 0 Å². The summed E-state index contributed by atoms with van der Waals surface area (Å²) in [5, 5.41) is 0. The predicted molar refractivity (Wildman–Crippen MR) is 149 cm³/mol. The van der Waals surface area contributed by atoms with Crippen molar-refractivity contribution >= 4 is 28.8 Å². The molecule has 0 amide bonds. The third kappa shape index (κ3) is 2.86. The van der Waals surface area contributed by atoms with Crippen LogP contribution < -0.4 is 4.90 Å². The number of hydrogen-bond donors (Lipinski definition) is 0. The van der Waals surface area contributed by atoms with Crippen molar-refractivity contribution in [2.45, 2.75) is 17.6 Å². The maximum absolute atomic E-state index is 14.7. The van der Waals surface area contributed by atoms with Crippen LogP contribution in [0.1, 0.15) is 64.6 Å². The van der Waals surface area contributed by atoms with Crippen molar-refractivity contribution in [1.29, 1.82) is 0 Å². The predicted octanol–water partition coefficient (Wildman–Crippen LogP) is 5.49. The molecule has 6 heteroatoms. The van der Waals surface area contributed by atoms with E-state index < -0.39 is 46.2 Å². The summed E-state index contributed by atoms with van der Waals surface area (Å²) >= 11 is 0. The molecule has 2 aliphatic carbocycles. The van der Waals surface area contributed by atoms with E-state index in [4.69, 9.17) is 4.74 Å².